The number of carbonyl (C=O) groups is 2. The van der Waals surface area contributed by atoms with E-state index in [1.165, 1.54) is 0 Å². The van der Waals surface area contributed by atoms with Crippen molar-refractivity contribution in [2.45, 2.75) is 54.5 Å². The Kier molecular flexibility index (Phi) is 4.93. The predicted molar refractivity (Wildman–Crippen MR) is 70.7 cm³/mol. The zero-order valence-corrected chi connectivity index (χ0v) is 12.5. The van der Waals surface area contributed by atoms with Gasteiger partial charge in [-0.25, -0.2) is 0 Å². The fourth-order valence-electron chi connectivity index (χ4n) is 2.45. The first-order valence-electron chi connectivity index (χ1n) is 6.15. The molecule has 0 aromatic rings. The molecule has 0 aromatic heterocycles. The van der Waals surface area contributed by atoms with E-state index in [0.29, 0.717) is 0 Å². The monoisotopic (exact) mass is 241 g/mol. The van der Waals surface area contributed by atoms with Crippen LogP contribution in [0.3, 0.4) is 0 Å². The van der Waals surface area contributed by atoms with Gasteiger partial charge >= 0.3 is 0 Å². The number of amides is 1. The van der Waals surface area contributed by atoms with Gasteiger partial charge in [-0.1, -0.05) is 48.5 Å². The average Bonchev–Trinajstić information content (AvgIpc) is 2.12. The molecule has 3 nitrogen and oxygen atoms in total. The van der Waals surface area contributed by atoms with Gasteiger partial charge < -0.3 is 9.69 Å². The maximum Gasteiger partial charge on any atom is 0.227 e. The molecule has 0 rings (SSSR count). The highest BCUT2D eigenvalue weighted by atomic mass is 16.2. The van der Waals surface area contributed by atoms with Gasteiger partial charge in [-0.2, -0.15) is 0 Å². The Balaban J connectivity index is 5.22. The second-order valence-electron chi connectivity index (χ2n) is 6.97. The molecule has 0 radical (unpaired) electrons. The minimum Gasteiger partial charge on any atom is -0.341 e. The molecule has 0 aliphatic carbocycles. The Morgan fingerprint density at radius 2 is 1.53 bits per heavy atom. The minimum atomic E-state index is -0.416. The van der Waals surface area contributed by atoms with Gasteiger partial charge in [-0.3, -0.25) is 4.79 Å². The summed E-state index contributed by atoms with van der Waals surface area (Å²) in [5, 5.41) is 0. The first kappa shape index (κ1) is 16.1. The summed E-state index contributed by atoms with van der Waals surface area (Å²) in [6.07, 6.45) is 0.933. The quantitative estimate of drug-likeness (QED) is 0.712. The van der Waals surface area contributed by atoms with E-state index in [9.17, 15) is 9.59 Å². The molecule has 0 unspecified atom stereocenters. The van der Waals surface area contributed by atoms with Crippen LogP contribution in [0, 0.1) is 16.7 Å². The van der Waals surface area contributed by atoms with E-state index in [-0.39, 0.29) is 23.3 Å². The second-order valence-corrected chi connectivity index (χ2v) is 6.97. The zero-order chi connectivity index (χ0) is 14.0. The molecular weight excluding hydrogens is 214 g/mol. The number of hydrogen-bond donors (Lipinski definition) is 0. The highest BCUT2D eigenvalue weighted by Crippen LogP contribution is 2.31. The Hall–Kier alpha value is -0.860. The highest BCUT2D eigenvalue weighted by Gasteiger charge is 2.38. The van der Waals surface area contributed by atoms with Crippen molar-refractivity contribution in [2.24, 2.45) is 16.7 Å². The molecule has 0 aliphatic rings. The summed E-state index contributed by atoms with van der Waals surface area (Å²) in [6.45, 7) is 13.7. The van der Waals surface area contributed by atoms with Crippen LogP contribution >= 0.6 is 0 Å². The molecule has 0 aliphatic heterocycles. The Morgan fingerprint density at radius 1 is 1.12 bits per heavy atom. The van der Waals surface area contributed by atoms with E-state index >= 15 is 0 Å². The molecule has 0 fully saturated rings. The number of rotatable bonds is 3. The summed E-state index contributed by atoms with van der Waals surface area (Å²) in [7, 11) is 1.80. The molecule has 3 heteroatoms. The number of aldehydes is 1. The lowest BCUT2D eigenvalue weighted by Gasteiger charge is -2.42. The zero-order valence-electron chi connectivity index (χ0n) is 12.5. The van der Waals surface area contributed by atoms with Gasteiger partial charge in [0.25, 0.3) is 0 Å². The molecule has 1 amide bonds. The van der Waals surface area contributed by atoms with Crippen molar-refractivity contribution in [3.63, 3.8) is 0 Å². The molecule has 0 saturated heterocycles. The number of hydrogen-bond acceptors (Lipinski definition) is 2. The molecule has 2 atom stereocenters. The lowest BCUT2D eigenvalue weighted by molar-refractivity contribution is -0.144. The van der Waals surface area contributed by atoms with Crippen LogP contribution < -0.4 is 0 Å². The fraction of sp³-hybridized carbons (Fsp3) is 0.857. The molecule has 0 saturated carbocycles. The Morgan fingerprint density at radius 3 is 1.76 bits per heavy atom. The SMILES string of the molecule is C[C@H](C=O)[C@H](N(C)C(=O)C(C)(C)C)C(C)(C)C. The fourth-order valence-corrected chi connectivity index (χ4v) is 2.45. The summed E-state index contributed by atoms with van der Waals surface area (Å²) in [6, 6.07) is -0.0771. The van der Waals surface area contributed by atoms with E-state index in [1.54, 1.807) is 11.9 Å². The van der Waals surface area contributed by atoms with Crippen molar-refractivity contribution in [3.8, 4) is 0 Å². The van der Waals surface area contributed by atoms with Gasteiger partial charge in [0.2, 0.25) is 5.91 Å². The highest BCUT2D eigenvalue weighted by molar-refractivity contribution is 5.82. The maximum absolute atomic E-state index is 12.3. The summed E-state index contributed by atoms with van der Waals surface area (Å²) in [5.41, 5.74) is -0.531. The Labute approximate surface area is 106 Å². The van der Waals surface area contributed by atoms with Gasteiger partial charge in [-0.05, 0) is 5.41 Å². The van der Waals surface area contributed by atoms with Crippen molar-refractivity contribution in [1.82, 2.24) is 4.90 Å². The van der Waals surface area contributed by atoms with Crippen LogP contribution in [0.1, 0.15) is 48.5 Å². The molecule has 0 bridgehead atoms. The van der Waals surface area contributed by atoms with E-state index in [0.717, 1.165) is 6.29 Å². The third-order valence-corrected chi connectivity index (χ3v) is 2.98. The minimum absolute atomic E-state index is 0.0751. The van der Waals surface area contributed by atoms with Gasteiger partial charge in [0.15, 0.2) is 0 Å². The molecule has 0 aromatic carbocycles. The average molecular weight is 241 g/mol. The maximum atomic E-state index is 12.3. The first-order chi connectivity index (χ1) is 7.42. The first-order valence-corrected chi connectivity index (χ1v) is 6.15. The Bertz CT molecular complexity index is 284. The van der Waals surface area contributed by atoms with E-state index in [2.05, 4.69) is 20.8 Å². The van der Waals surface area contributed by atoms with Crippen molar-refractivity contribution in [2.75, 3.05) is 7.05 Å². The third kappa shape index (κ3) is 4.14. The smallest absolute Gasteiger partial charge is 0.227 e. The van der Waals surface area contributed by atoms with Crippen molar-refractivity contribution < 1.29 is 9.59 Å². The van der Waals surface area contributed by atoms with Crippen molar-refractivity contribution in [1.29, 1.82) is 0 Å². The van der Waals surface area contributed by atoms with Crippen LogP contribution in [-0.4, -0.2) is 30.2 Å². The summed E-state index contributed by atoms with van der Waals surface area (Å²) >= 11 is 0. The van der Waals surface area contributed by atoms with E-state index < -0.39 is 5.41 Å². The van der Waals surface area contributed by atoms with Gasteiger partial charge in [0.05, 0.1) is 0 Å². The van der Waals surface area contributed by atoms with Crippen LogP contribution in [0.2, 0.25) is 0 Å². The molecular formula is C14H27NO2. The topological polar surface area (TPSA) is 37.4 Å². The van der Waals surface area contributed by atoms with Crippen molar-refractivity contribution in [3.05, 3.63) is 0 Å². The summed E-state index contributed by atoms with van der Waals surface area (Å²) in [5.74, 6) is -0.0857. The predicted octanol–water partition coefficient (Wildman–Crippen LogP) is 2.74. The molecule has 0 spiro atoms. The summed E-state index contributed by atoms with van der Waals surface area (Å²) in [4.78, 5) is 25.0. The van der Waals surface area contributed by atoms with E-state index in [1.807, 2.05) is 27.7 Å². The third-order valence-electron chi connectivity index (χ3n) is 2.98. The van der Waals surface area contributed by atoms with Crippen molar-refractivity contribution >= 4 is 12.2 Å². The van der Waals surface area contributed by atoms with Crippen LogP contribution in [0.5, 0.6) is 0 Å². The van der Waals surface area contributed by atoms with Crippen LogP contribution in [-0.2, 0) is 9.59 Å². The molecule has 100 valence electrons. The van der Waals surface area contributed by atoms with Crippen LogP contribution in [0.15, 0.2) is 0 Å². The van der Waals surface area contributed by atoms with Gasteiger partial charge in [0, 0.05) is 24.4 Å². The second kappa shape index (κ2) is 5.19. The number of carbonyl (C=O) groups excluding carboxylic acids is 2. The largest absolute Gasteiger partial charge is 0.341 e. The lowest BCUT2D eigenvalue weighted by atomic mass is 9.78. The van der Waals surface area contributed by atoms with Gasteiger partial charge in [0.1, 0.15) is 6.29 Å². The molecule has 0 N–H and O–H groups in total. The molecule has 17 heavy (non-hydrogen) atoms. The van der Waals surface area contributed by atoms with E-state index in [4.69, 9.17) is 0 Å². The van der Waals surface area contributed by atoms with Gasteiger partial charge in [-0.15, -0.1) is 0 Å². The molecule has 0 heterocycles. The normalized spacial score (nSPS) is 16.2. The summed E-state index contributed by atoms with van der Waals surface area (Å²) < 4.78 is 0. The van der Waals surface area contributed by atoms with Crippen LogP contribution in [0.4, 0.5) is 0 Å². The lowest BCUT2D eigenvalue weighted by Crippen LogP contribution is -2.52. The standard InChI is InChI=1S/C14H27NO2/c1-10(9-16)11(13(2,3)4)15(8)12(17)14(5,6)7/h9-11H,1-8H3/t10-,11+/m1/s1. The van der Waals surface area contributed by atoms with Crippen LogP contribution in [0.25, 0.3) is 0 Å². The number of nitrogens with zero attached hydrogens (tertiary/aromatic N) is 1.